The highest BCUT2D eigenvalue weighted by molar-refractivity contribution is 9.10. The fourth-order valence-corrected chi connectivity index (χ4v) is 3.03. The topological polar surface area (TPSA) is 21.6 Å². The molecule has 0 spiro atoms. The third kappa shape index (κ3) is 2.35. The Labute approximate surface area is 128 Å². The zero-order chi connectivity index (χ0) is 14.3. The lowest BCUT2D eigenvalue weighted by molar-refractivity contribution is 0.236. The fraction of sp³-hybridized carbons (Fsp3) is 0.353. The van der Waals surface area contributed by atoms with Crippen LogP contribution in [-0.4, -0.2) is 18.5 Å². The zero-order valence-electron chi connectivity index (χ0n) is 12.0. The van der Waals surface area contributed by atoms with E-state index in [9.17, 15) is 0 Å². The van der Waals surface area contributed by atoms with Crippen molar-refractivity contribution in [3.05, 3.63) is 46.4 Å². The van der Waals surface area contributed by atoms with Gasteiger partial charge < -0.3 is 4.74 Å². The first-order valence-electron chi connectivity index (χ1n) is 6.85. The van der Waals surface area contributed by atoms with E-state index in [2.05, 4.69) is 61.0 Å². The molecule has 2 nitrogen and oxygen atoms in total. The van der Waals surface area contributed by atoms with Crippen molar-refractivity contribution in [1.82, 2.24) is 0 Å². The molecule has 1 heterocycles. The lowest BCUT2D eigenvalue weighted by Crippen LogP contribution is -2.25. The molecule has 20 heavy (non-hydrogen) atoms. The molecule has 0 bridgehead atoms. The summed E-state index contributed by atoms with van der Waals surface area (Å²) >= 11 is 3.70. The Hall–Kier alpha value is -1.35. The van der Waals surface area contributed by atoms with Crippen LogP contribution in [0.4, 0.5) is 0 Å². The number of hydrogen-bond acceptors (Lipinski definition) is 2. The Bertz CT molecular complexity index is 685. The normalized spacial score (nSPS) is 19.0. The number of benzene rings is 2. The van der Waals surface area contributed by atoms with Gasteiger partial charge in [-0.3, -0.25) is 0 Å². The third-order valence-corrected chi connectivity index (χ3v) is 4.60. The average Bonchev–Trinajstić information content (AvgIpc) is 2.89. The number of nitrogens with zero attached hydrogens (tertiary/aromatic N) is 1. The van der Waals surface area contributed by atoms with Gasteiger partial charge in [-0.1, -0.05) is 51.1 Å². The molecule has 0 N–H and O–H groups in total. The van der Waals surface area contributed by atoms with Gasteiger partial charge in [-0.05, 0) is 38.2 Å². The molecule has 0 saturated heterocycles. The van der Waals surface area contributed by atoms with E-state index in [0.717, 1.165) is 15.9 Å². The standard InChI is InChI=1S/C17H18BrNO/c1-17(2,3)14-10-20-16(19-14)13-9-8-11-6-4-5-7-12(11)15(13)18/h4-9,14H,10H2,1-3H3/t14-/m1/s1. The molecule has 0 aliphatic carbocycles. The third-order valence-electron chi connectivity index (χ3n) is 3.74. The predicted octanol–water partition coefficient (Wildman–Crippen LogP) is 4.79. The van der Waals surface area contributed by atoms with Gasteiger partial charge in [-0.2, -0.15) is 0 Å². The smallest absolute Gasteiger partial charge is 0.217 e. The molecule has 3 heteroatoms. The first kappa shape index (κ1) is 13.6. The molecule has 2 aromatic carbocycles. The monoisotopic (exact) mass is 331 g/mol. The van der Waals surface area contributed by atoms with Gasteiger partial charge in [0.1, 0.15) is 6.61 Å². The van der Waals surface area contributed by atoms with Crippen LogP contribution in [0.15, 0.2) is 45.9 Å². The van der Waals surface area contributed by atoms with Crippen LogP contribution >= 0.6 is 15.9 Å². The summed E-state index contributed by atoms with van der Waals surface area (Å²) in [4.78, 5) is 4.76. The fourth-order valence-electron chi connectivity index (χ4n) is 2.36. The predicted molar refractivity (Wildman–Crippen MR) is 87.4 cm³/mol. The molecule has 0 saturated carbocycles. The van der Waals surface area contributed by atoms with Gasteiger partial charge in [0.2, 0.25) is 5.90 Å². The Morgan fingerprint density at radius 1 is 1.15 bits per heavy atom. The summed E-state index contributed by atoms with van der Waals surface area (Å²) in [6.45, 7) is 7.26. The van der Waals surface area contributed by atoms with Crippen molar-refractivity contribution in [3.63, 3.8) is 0 Å². The number of halogens is 1. The molecule has 0 aromatic heterocycles. The second kappa shape index (κ2) is 4.88. The van der Waals surface area contributed by atoms with Crippen LogP contribution in [0.5, 0.6) is 0 Å². The second-order valence-corrected chi connectivity index (χ2v) is 7.07. The van der Waals surface area contributed by atoms with Crippen LogP contribution < -0.4 is 0 Å². The van der Waals surface area contributed by atoms with Crippen molar-refractivity contribution in [2.45, 2.75) is 26.8 Å². The van der Waals surface area contributed by atoms with Crippen molar-refractivity contribution in [2.24, 2.45) is 10.4 Å². The Balaban J connectivity index is 2.06. The Morgan fingerprint density at radius 2 is 1.90 bits per heavy atom. The minimum Gasteiger partial charge on any atom is -0.475 e. The number of hydrogen-bond donors (Lipinski definition) is 0. The van der Waals surface area contributed by atoms with E-state index in [1.54, 1.807) is 0 Å². The number of rotatable bonds is 1. The van der Waals surface area contributed by atoms with Crippen molar-refractivity contribution in [2.75, 3.05) is 6.61 Å². The number of fused-ring (bicyclic) bond motifs is 1. The van der Waals surface area contributed by atoms with Crippen molar-refractivity contribution >= 4 is 32.6 Å². The molecule has 0 radical (unpaired) electrons. The molecule has 1 atom stereocenters. The maximum absolute atomic E-state index is 5.83. The number of ether oxygens (including phenoxy) is 1. The van der Waals surface area contributed by atoms with Crippen LogP contribution in [0.2, 0.25) is 0 Å². The first-order chi connectivity index (χ1) is 9.47. The second-order valence-electron chi connectivity index (χ2n) is 6.28. The van der Waals surface area contributed by atoms with E-state index in [1.807, 2.05) is 12.1 Å². The van der Waals surface area contributed by atoms with Gasteiger partial charge >= 0.3 is 0 Å². The highest BCUT2D eigenvalue weighted by atomic mass is 79.9. The largest absolute Gasteiger partial charge is 0.475 e. The Morgan fingerprint density at radius 3 is 2.60 bits per heavy atom. The summed E-state index contributed by atoms with van der Waals surface area (Å²) in [5.41, 5.74) is 1.17. The lowest BCUT2D eigenvalue weighted by Gasteiger charge is -2.21. The maximum Gasteiger partial charge on any atom is 0.217 e. The van der Waals surface area contributed by atoms with Crippen molar-refractivity contribution in [1.29, 1.82) is 0 Å². The SMILES string of the molecule is CC(C)(C)[C@H]1COC(c2ccc3ccccc3c2Br)=N1. The van der Waals surface area contributed by atoms with Crippen LogP contribution in [-0.2, 0) is 4.74 Å². The summed E-state index contributed by atoms with van der Waals surface area (Å²) in [6.07, 6.45) is 0. The van der Waals surface area contributed by atoms with E-state index in [4.69, 9.17) is 9.73 Å². The maximum atomic E-state index is 5.83. The van der Waals surface area contributed by atoms with Crippen LogP contribution in [0, 0.1) is 5.41 Å². The molecular formula is C17H18BrNO. The van der Waals surface area contributed by atoms with Crippen molar-refractivity contribution in [3.8, 4) is 0 Å². The van der Waals surface area contributed by atoms with E-state index < -0.39 is 0 Å². The molecule has 3 rings (SSSR count). The number of aliphatic imine (C=N–C) groups is 1. The minimum atomic E-state index is 0.130. The summed E-state index contributed by atoms with van der Waals surface area (Å²) in [6, 6.07) is 12.7. The molecule has 2 aromatic rings. The van der Waals surface area contributed by atoms with E-state index in [-0.39, 0.29) is 11.5 Å². The zero-order valence-corrected chi connectivity index (χ0v) is 13.6. The van der Waals surface area contributed by atoms with Gasteiger partial charge in [0.05, 0.1) is 11.6 Å². The van der Waals surface area contributed by atoms with Crippen LogP contribution in [0.3, 0.4) is 0 Å². The van der Waals surface area contributed by atoms with Gasteiger partial charge in [0, 0.05) is 4.47 Å². The molecule has 0 unspecified atom stereocenters. The molecule has 104 valence electrons. The van der Waals surface area contributed by atoms with Crippen molar-refractivity contribution < 1.29 is 4.74 Å². The van der Waals surface area contributed by atoms with Gasteiger partial charge in [0.25, 0.3) is 0 Å². The average molecular weight is 332 g/mol. The van der Waals surface area contributed by atoms with E-state index in [0.29, 0.717) is 6.61 Å². The molecule has 0 amide bonds. The summed E-state index contributed by atoms with van der Waals surface area (Å²) in [5, 5.41) is 2.41. The molecular weight excluding hydrogens is 314 g/mol. The minimum absolute atomic E-state index is 0.130. The first-order valence-corrected chi connectivity index (χ1v) is 7.64. The van der Waals surface area contributed by atoms with E-state index in [1.165, 1.54) is 10.8 Å². The van der Waals surface area contributed by atoms with Gasteiger partial charge in [0.15, 0.2) is 0 Å². The van der Waals surface area contributed by atoms with Crippen LogP contribution in [0.25, 0.3) is 10.8 Å². The lowest BCUT2D eigenvalue weighted by atomic mass is 9.88. The molecule has 1 aliphatic heterocycles. The van der Waals surface area contributed by atoms with Gasteiger partial charge in [-0.15, -0.1) is 0 Å². The van der Waals surface area contributed by atoms with E-state index >= 15 is 0 Å². The highest BCUT2D eigenvalue weighted by Gasteiger charge is 2.31. The van der Waals surface area contributed by atoms with Crippen LogP contribution in [0.1, 0.15) is 26.3 Å². The summed E-state index contributed by atoms with van der Waals surface area (Å²) in [5.74, 6) is 0.752. The Kier molecular flexibility index (Phi) is 3.33. The summed E-state index contributed by atoms with van der Waals surface area (Å²) in [7, 11) is 0. The molecule has 0 fully saturated rings. The highest BCUT2D eigenvalue weighted by Crippen LogP contribution is 2.32. The van der Waals surface area contributed by atoms with Gasteiger partial charge in [-0.25, -0.2) is 4.99 Å². The quantitative estimate of drug-likeness (QED) is 0.735. The molecule has 1 aliphatic rings. The summed E-state index contributed by atoms with van der Waals surface area (Å²) < 4.78 is 6.89.